The lowest BCUT2D eigenvalue weighted by Crippen LogP contribution is -2.23. The number of halogens is 2. The van der Waals surface area contributed by atoms with Gasteiger partial charge < -0.3 is 10.6 Å². The van der Waals surface area contributed by atoms with E-state index in [0.717, 1.165) is 25.6 Å². The molecular weight excluding hydrogens is 291 g/mol. The Morgan fingerprint density at radius 3 is 2.86 bits per heavy atom. The summed E-state index contributed by atoms with van der Waals surface area (Å²) in [5, 5.41) is 6.19. The number of nitrogens with one attached hydrogen (secondary N) is 2. The molecule has 2 N–H and O–H groups in total. The number of hydrogen-bond donors (Lipinski definition) is 2. The van der Waals surface area contributed by atoms with E-state index < -0.39 is 5.82 Å². The number of fused-ring (bicyclic) bond motifs is 1. The maximum Gasteiger partial charge on any atom is 0.257 e. The third-order valence-corrected chi connectivity index (χ3v) is 3.84. The van der Waals surface area contributed by atoms with E-state index in [0.29, 0.717) is 5.69 Å². The highest BCUT2D eigenvalue weighted by Crippen LogP contribution is 2.22. The van der Waals surface area contributed by atoms with Crippen LogP contribution in [0.25, 0.3) is 0 Å². The molecule has 0 aliphatic carbocycles. The number of hydrogen-bond acceptors (Lipinski definition) is 2. The van der Waals surface area contributed by atoms with Crippen LogP contribution in [0.15, 0.2) is 36.4 Å². The summed E-state index contributed by atoms with van der Waals surface area (Å²) in [4.78, 5) is 12.2. The number of amides is 1. The van der Waals surface area contributed by atoms with Crippen molar-refractivity contribution in [1.29, 1.82) is 0 Å². The highest BCUT2D eigenvalue weighted by molar-refractivity contribution is 6.34. The van der Waals surface area contributed by atoms with Gasteiger partial charge in [-0.2, -0.15) is 0 Å². The van der Waals surface area contributed by atoms with Gasteiger partial charge in [-0.1, -0.05) is 17.7 Å². The third kappa shape index (κ3) is 3.06. The number of rotatable bonds is 2. The highest BCUT2D eigenvalue weighted by Gasteiger charge is 2.13. The molecule has 108 valence electrons. The van der Waals surface area contributed by atoms with Crippen molar-refractivity contribution in [3.63, 3.8) is 0 Å². The van der Waals surface area contributed by atoms with Gasteiger partial charge >= 0.3 is 0 Å². The number of carbonyl (C=O) groups excluding carboxylic acids is 1. The summed E-state index contributed by atoms with van der Waals surface area (Å²) in [6.07, 6.45) is 0.993. The van der Waals surface area contributed by atoms with Gasteiger partial charge in [0.15, 0.2) is 0 Å². The Balaban J connectivity index is 1.81. The molecule has 0 radical (unpaired) electrons. The zero-order valence-corrected chi connectivity index (χ0v) is 12.0. The van der Waals surface area contributed by atoms with E-state index in [4.69, 9.17) is 11.6 Å². The minimum absolute atomic E-state index is 0.104. The van der Waals surface area contributed by atoms with Crippen LogP contribution in [-0.4, -0.2) is 12.5 Å². The minimum Gasteiger partial charge on any atom is -0.322 e. The molecule has 2 aromatic carbocycles. The quantitative estimate of drug-likeness (QED) is 0.893. The summed E-state index contributed by atoms with van der Waals surface area (Å²) in [5.74, 6) is -0.805. The second-order valence-corrected chi connectivity index (χ2v) is 5.40. The van der Waals surface area contributed by atoms with Crippen molar-refractivity contribution in [2.24, 2.45) is 0 Å². The molecule has 0 spiro atoms. The van der Waals surface area contributed by atoms with E-state index in [1.54, 1.807) is 0 Å². The maximum absolute atomic E-state index is 13.0. The van der Waals surface area contributed by atoms with Gasteiger partial charge in [-0.3, -0.25) is 4.79 Å². The molecule has 0 fully saturated rings. The molecule has 3 nitrogen and oxygen atoms in total. The van der Waals surface area contributed by atoms with Crippen LogP contribution in [0.2, 0.25) is 5.02 Å². The van der Waals surface area contributed by atoms with Crippen molar-refractivity contribution in [2.75, 3.05) is 11.9 Å². The van der Waals surface area contributed by atoms with Crippen LogP contribution >= 0.6 is 11.6 Å². The smallest absolute Gasteiger partial charge is 0.257 e. The van der Waals surface area contributed by atoms with Crippen molar-refractivity contribution in [2.45, 2.75) is 13.0 Å². The van der Waals surface area contributed by atoms with E-state index in [1.807, 2.05) is 18.2 Å². The van der Waals surface area contributed by atoms with Gasteiger partial charge in [-0.15, -0.1) is 0 Å². The molecule has 0 unspecified atom stereocenters. The van der Waals surface area contributed by atoms with Crippen LogP contribution in [0.3, 0.4) is 0 Å². The zero-order chi connectivity index (χ0) is 14.8. The van der Waals surface area contributed by atoms with Gasteiger partial charge in [0, 0.05) is 12.2 Å². The lowest BCUT2D eigenvalue weighted by atomic mass is 10.0. The first kappa shape index (κ1) is 14.0. The molecule has 0 saturated heterocycles. The summed E-state index contributed by atoms with van der Waals surface area (Å²) >= 11 is 5.90. The molecule has 21 heavy (non-hydrogen) atoms. The highest BCUT2D eigenvalue weighted by atomic mass is 35.5. The van der Waals surface area contributed by atoms with Crippen molar-refractivity contribution < 1.29 is 9.18 Å². The fraction of sp³-hybridized carbons (Fsp3) is 0.188. The summed E-state index contributed by atoms with van der Waals surface area (Å²) in [5.41, 5.74) is 3.45. The second-order valence-electron chi connectivity index (χ2n) is 4.99. The van der Waals surface area contributed by atoms with Crippen LogP contribution in [-0.2, 0) is 13.0 Å². The normalized spacial score (nSPS) is 13.6. The van der Waals surface area contributed by atoms with Gasteiger partial charge in [0.05, 0.1) is 10.6 Å². The van der Waals surface area contributed by atoms with E-state index in [1.165, 1.54) is 23.3 Å². The molecule has 2 aromatic rings. The number of benzene rings is 2. The predicted molar refractivity (Wildman–Crippen MR) is 81.2 cm³/mol. The Morgan fingerprint density at radius 2 is 2.05 bits per heavy atom. The van der Waals surface area contributed by atoms with Gasteiger partial charge in [-0.25, -0.2) is 4.39 Å². The van der Waals surface area contributed by atoms with E-state index in [-0.39, 0.29) is 16.5 Å². The first-order chi connectivity index (χ1) is 10.1. The number of anilines is 1. The summed E-state index contributed by atoms with van der Waals surface area (Å²) in [6.45, 7) is 1.78. The first-order valence-electron chi connectivity index (χ1n) is 6.72. The van der Waals surface area contributed by atoms with Crippen LogP contribution in [0, 0.1) is 5.82 Å². The lowest BCUT2D eigenvalue weighted by molar-refractivity contribution is 0.102. The molecule has 0 aromatic heterocycles. The molecular formula is C16H14ClFN2O. The predicted octanol–water partition coefficient (Wildman–Crippen LogP) is 3.38. The molecule has 0 bridgehead atoms. The molecule has 1 heterocycles. The fourth-order valence-electron chi connectivity index (χ4n) is 2.43. The Kier molecular flexibility index (Phi) is 3.90. The largest absolute Gasteiger partial charge is 0.322 e. The Hall–Kier alpha value is -1.91. The van der Waals surface area contributed by atoms with Crippen LogP contribution in [0.5, 0.6) is 0 Å². The molecule has 1 aliphatic heterocycles. The first-order valence-corrected chi connectivity index (χ1v) is 7.10. The van der Waals surface area contributed by atoms with E-state index >= 15 is 0 Å². The van der Waals surface area contributed by atoms with Crippen LogP contribution in [0.1, 0.15) is 21.5 Å². The van der Waals surface area contributed by atoms with Crippen molar-refractivity contribution in [3.05, 3.63) is 63.9 Å². The second kappa shape index (κ2) is 5.84. The monoisotopic (exact) mass is 304 g/mol. The van der Waals surface area contributed by atoms with E-state index in [2.05, 4.69) is 10.6 Å². The van der Waals surface area contributed by atoms with Crippen molar-refractivity contribution in [3.8, 4) is 0 Å². The fourth-order valence-corrected chi connectivity index (χ4v) is 2.68. The van der Waals surface area contributed by atoms with Crippen LogP contribution in [0.4, 0.5) is 10.1 Å². The van der Waals surface area contributed by atoms with Gasteiger partial charge in [0.1, 0.15) is 5.82 Å². The molecule has 0 saturated carbocycles. The van der Waals surface area contributed by atoms with Crippen molar-refractivity contribution in [1.82, 2.24) is 5.32 Å². The maximum atomic E-state index is 13.0. The average Bonchev–Trinajstić information content (AvgIpc) is 2.47. The molecule has 1 amide bonds. The molecule has 0 atom stereocenters. The van der Waals surface area contributed by atoms with Gasteiger partial charge in [0.2, 0.25) is 0 Å². The third-order valence-electron chi connectivity index (χ3n) is 3.53. The zero-order valence-electron chi connectivity index (χ0n) is 11.2. The molecule has 5 heteroatoms. The SMILES string of the molecule is O=C(Nc1ccc2c(c1)CNCC2)c1ccc(F)cc1Cl. The number of carbonyl (C=O) groups is 1. The van der Waals surface area contributed by atoms with Crippen LogP contribution < -0.4 is 10.6 Å². The van der Waals surface area contributed by atoms with Gasteiger partial charge in [0.25, 0.3) is 5.91 Å². The summed E-state index contributed by atoms with van der Waals surface area (Å²) in [6, 6.07) is 9.59. The Morgan fingerprint density at radius 1 is 1.19 bits per heavy atom. The van der Waals surface area contributed by atoms with Gasteiger partial charge in [-0.05, 0) is 54.4 Å². The lowest BCUT2D eigenvalue weighted by Gasteiger charge is -2.18. The topological polar surface area (TPSA) is 41.1 Å². The Labute approximate surface area is 127 Å². The summed E-state index contributed by atoms with van der Waals surface area (Å²) < 4.78 is 13.0. The standard InChI is InChI=1S/C16H14ClFN2O/c17-15-8-12(18)2-4-14(15)16(21)20-13-3-1-10-5-6-19-9-11(10)7-13/h1-4,7-8,19H,5-6,9H2,(H,20,21). The average molecular weight is 305 g/mol. The Bertz CT molecular complexity index is 703. The van der Waals surface area contributed by atoms with E-state index in [9.17, 15) is 9.18 Å². The molecule has 1 aliphatic rings. The van der Waals surface area contributed by atoms with Crippen molar-refractivity contribution >= 4 is 23.2 Å². The molecule has 3 rings (SSSR count). The summed E-state index contributed by atoms with van der Waals surface area (Å²) in [7, 11) is 0. The minimum atomic E-state index is -0.462.